The van der Waals surface area contributed by atoms with E-state index in [1.54, 1.807) is 4.31 Å². The predicted octanol–water partition coefficient (Wildman–Crippen LogP) is 2.59. The number of hydrogen-bond donors (Lipinski definition) is 0. The lowest BCUT2D eigenvalue weighted by molar-refractivity contribution is 0.509. The van der Waals surface area contributed by atoms with Gasteiger partial charge in [0.05, 0.1) is 11.4 Å². The van der Waals surface area contributed by atoms with E-state index < -0.39 is 10.0 Å². The van der Waals surface area contributed by atoms with Gasteiger partial charge in [-0.1, -0.05) is 30.7 Å². The summed E-state index contributed by atoms with van der Waals surface area (Å²) in [7, 11) is -3.11. The highest BCUT2D eigenvalue weighted by Crippen LogP contribution is 2.32. The van der Waals surface area contributed by atoms with Gasteiger partial charge in [0.2, 0.25) is 10.0 Å². The van der Waals surface area contributed by atoms with Crippen LogP contribution in [0.3, 0.4) is 0 Å². The van der Waals surface area contributed by atoms with Gasteiger partial charge in [0.1, 0.15) is 0 Å². The fourth-order valence-corrected chi connectivity index (χ4v) is 3.86. The largest absolute Gasteiger partial charge is 0.270 e. The SMILES string of the molecule is CCCS(=O)(=O)N1CCC2=CC=C(C)CC=C21. The monoisotopic (exact) mass is 253 g/mol. The molecule has 1 aliphatic heterocycles. The van der Waals surface area contributed by atoms with Crippen molar-refractivity contribution in [3.05, 3.63) is 35.1 Å². The minimum Gasteiger partial charge on any atom is -0.270 e. The Balaban J connectivity index is 2.31. The van der Waals surface area contributed by atoms with E-state index in [1.165, 1.54) is 5.57 Å². The Labute approximate surface area is 104 Å². The number of allylic oxidation sites excluding steroid dienone is 5. The fraction of sp³-hybridized carbons (Fsp3) is 0.538. The zero-order valence-corrected chi connectivity index (χ0v) is 11.3. The summed E-state index contributed by atoms with van der Waals surface area (Å²) in [5.74, 6) is 0.240. The molecule has 1 saturated heterocycles. The molecule has 2 aliphatic rings. The van der Waals surface area contributed by atoms with Crippen LogP contribution in [0, 0.1) is 0 Å². The number of fused-ring (bicyclic) bond motifs is 1. The third kappa shape index (κ3) is 2.46. The molecule has 4 heteroatoms. The van der Waals surface area contributed by atoms with Crippen LogP contribution < -0.4 is 0 Å². The molecule has 3 nitrogen and oxygen atoms in total. The van der Waals surface area contributed by atoms with E-state index in [9.17, 15) is 8.42 Å². The zero-order chi connectivity index (χ0) is 12.5. The Morgan fingerprint density at radius 2 is 2.12 bits per heavy atom. The van der Waals surface area contributed by atoms with E-state index in [0.717, 1.165) is 24.1 Å². The van der Waals surface area contributed by atoms with Crippen LogP contribution in [0.5, 0.6) is 0 Å². The second kappa shape index (κ2) is 4.69. The normalized spacial score (nSPS) is 20.4. The van der Waals surface area contributed by atoms with Crippen molar-refractivity contribution in [1.82, 2.24) is 4.31 Å². The first kappa shape index (κ1) is 12.4. The second-order valence-corrected chi connectivity index (χ2v) is 6.65. The molecule has 1 fully saturated rings. The topological polar surface area (TPSA) is 37.4 Å². The van der Waals surface area contributed by atoms with E-state index in [4.69, 9.17) is 0 Å². The van der Waals surface area contributed by atoms with Crippen molar-refractivity contribution in [2.24, 2.45) is 0 Å². The van der Waals surface area contributed by atoms with E-state index in [2.05, 4.69) is 19.1 Å². The van der Waals surface area contributed by atoms with Crippen molar-refractivity contribution in [3.8, 4) is 0 Å². The van der Waals surface area contributed by atoms with Gasteiger partial charge >= 0.3 is 0 Å². The van der Waals surface area contributed by atoms with Crippen LogP contribution >= 0.6 is 0 Å². The first-order chi connectivity index (χ1) is 8.04. The van der Waals surface area contributed by atoms with Crippen LogP contribution in [0.15, 0.2) is 35.1 Å². The van der Waals surface area contributed by atoms with Crippen molar-refractivity contribution in [1.29, 1.82) is 0 Å². The number of rotatable bonds is 3. The van der Waals surface area contributed by atoms with Crippen LogP contribution in [0.25, 0.3) is 0 Å². The van der Waals surface area contributed by atoms with E-state index >= 15 is 0 Å². The van der Waals surface area contributed by atoms with Gasteiger partial charge in [-0.15, -0.1) is 0 Å². The molecular formula is C13H19NO2S. The van der Waals surface area contributed by atoms with Gasteiger partial charge < -0.3 is 0 Å². The maximum atomic E-state index is 12.1. The fourth-order valence-electron chi connectivity index (χ4n) is 2.26. The Morgan fingerprint density at radius 1 is 1.35 bits per heavy atom. The molecule has 94 valence electrons. The summed E-state index contributed by atoms with van der Waals surface area (Å²) in [6.45, 7) is 4.57. The molecule has 0 saturated carbocycles. The van der Waals surface area contributed by atoms with Gasteiger partial charge in [-0.2, -0.15) is 0 Å². The molecule has 0 aromatic carbocycles. The summed E-state index contributed by atoms with van der Waals surface area (Å²) in [6, 6.07) is 0. The summed E-state index contributed by atoms with van der Waals surface area (Å²) in [6.07, 6.45) is 8.55. The lowest BCUT2D eigenvalue weighted by Gasteiger charge is -2.19. The Kier molecular flexibility index (Phi) is 3.43. The molecule has 1 aliphatic carbocycles. The lowest BCUT2D eigenvalue weighted by Crippen LogP contribution is -2.29. The van der Waals surface area contributed by atoms with Crippen LogP contribution in [0.4, 0.5) is 0 Å². The minimum absolute atomic E-state index is 0.240. The van der Waals surface area contributed by atoms with E-state index in [1.807, 2.05) is 13.0 Å². The van der Waals surface area contributed by atoms with E-state index in [-0.39, 0.29) is 5.75 Å². The first-order valence-electron chi connectivity index (χ1n) is 6.12. The molecule has 0 amide bonds. The molecule has 1 heterocycles. The third-order valence-electron chi connectivity index (χ3n) is 3.17. The second-order valence-electron chi connectivity index (χ2n) is 4.64. The minimum atomic E-state index is -3.11. The van der Waals surface area contributed by atoms with Gasteiger partial charge in [0, 0.05) is 6.54 Å². The summed E-state index contributed by atoms with van der Waals surface area (Å²) >= 11 is 0. The van der Waals surface area contributed by atoms with Crippen molar-refractivity contribution in [2.45, 2.75) is 33.1 Å². The van der Waals surface area contributed by atoms with Gasteiger partial charge in [-0.25, -0.2) is 8.42 Å². The molecular weight excluding hydrogens is 234 g/mol. The van der Waals surface area contributed by atoms with Gasteiger partial charge in [-0.3, -0.25) is 4.31 Å². The maximum absolute atomic E-state index is 12.1. The van der Waals surface area contributed by atoms with Crippen molar-refractivity contribution in [3.63, 3.8) is 0 Å². The maximum Gasteiger partial charge on any atom is 0.235 e. The average molecular weight is 253 g/mol. The molecule has 0 N–H and O–H groups in total. The quantitative estimate of drug-likeness (QED) is 0.775. The summed E-state index contributed by atoms with van der Waals surface area (Å²) in [5.41, 5.74) is 3.33. The Bertz CT molecular complexity index is 498. The summed E-state index contributed by atoms with van der Waals surface area (Å²) in [4.78, 5) is 0. The van der Waals surface area contributed by atoms with Gasteiger partial charge in [-0.05, 0) is 31.8 Å². The molecule has 0 atom stereocenters. The predicted molar refractivity (Wildman–Crippen MR) is 69.9 cm³/mol. The number of nitrogens with zero attached hydrogens (tertiary/aromatic N) is 1. The molecule has 0 spiro atoms. The molecule has 2 rings (SSSR count). The van der Waals surface area contributed by atoms with Gasteiger partial charge in [0.15, 0.2) is 0 Å². The van der Waals surface area contributed by atoms with Crippen LogP contribution in [0.2, 0.25) is 0 Å². The lowest BCUT2D eigenvalue weighted by atomic mass is 10.2. The smallest absolute Gasteiger partial charge is 0.235 e. The molecule has 17 heavy (non-hydrogen) atoms. The standard InChI is InChI=1S/C13H19NO2S/c1-3-10-17(15,16)14-9-8-12-6-4-11(2)5-7-13(12)14/h4,6-7H,3,5,8-10H2,1-2H3. The van der Waals surface area contributed by atoms with Crippen LogP contribution in [0.1, 0.15) is 33.1 Å². The third-order valence-corrected chi connectivity index (χ3v) is 5.14. The van der Waals surface area contributed by atoms with Crippen LogP contribution in [-0.4, -0.2) is 25.0 Å². The van der Waals surface area contributed by atoms with Gasteiger partial charge in [0.25, 0.3) is 0 Å². The molecule has 0 unspecified atom stereocenters. The van der Waals surface area contributed by atoms with Crippen molar-refractivity contribution in [2.75, 3.05) is 12.3 Å². The molecule has 0 aromatic heterocycles. The highest BCUT2D eigenvalue weighted by molar-refractivity contribution is 7.89. The molecule has 0 radical (unpaired) electrons. The van der Waals surface area contributed by atoms with Crippen LogP contribution in [-0.2, 0) is 10.0 Å². The Morgan fingerprint density at radius 3 is 2.82 bits per heavy atom. The zero-order valence-electron chi connectivity index (χ0n) is 10.4. The first-order valence-corrected chi connectivity index (χ1v) is 7.73. The van der Waals surface area contributed by atoms with Crippen molar-refractivity contribution < 1.29 is 8.42 Å². The average Bonchev–Trinajstić information content (AvgIpc) is 2.59. The highest BCUT2D eigenvalue weighted by Gasteiger charge is 2.31. The van der Waals surface area contributed by atoms with E-state index in [0.29, 0.717) is 13.0 Å². The number of sulfonamides is 1. The van der Waals surface area contributed by atoms with Crippen molar-refractivity contribution >= 4 is 10.0 Å². The highest BCUT2D eigenvalue weighted by atomic mass is 32.2. The summed E-state index contributed by atoms with van der Waals surface area (Å²) < 4.78 is 25.8. The Hall–Kier alpha value is -1.03. The number of hydrogen-bond acceptors (Lipinski definition) is 2. The molecule has 0 aromatic rings. The summed E-state index contributed by atoms with van der Waals surface area (Å²) in [5, 5.41) is 0. The molecule has 0 bridgehead atoms.